The first-order chi connectivity index (χ1) is 10.2. The Morgan fingerprint density at radius 1 is 1.48 bits per heavy atom. The largest absolute Gasteiger partial charge is 0.377 e. The van der Waals surface area contributed by atoms with Crippen LogP contribution >= 0.6 is 0 Å². The Kier molecular flexibility index (Phi) is 6.46. The molecule has 0 aromatic carbocycles. The molecule has 2 unspecified atom stereocenters. The van der Waals surface area contributed by atoms with E-state index < -0.39 is 0 Å². The first kappa shape index (κ1) is 16.2. The molecular formula is C17H29N3O. The molecule has 4 heteroatoms. The molecule has 1 aliphatic heterocycles. The molecule has 1 N–H and O–H groups in total. The maximum atomic E-state index is 5.78. The number of hydrogen-bond donors (Lipinski definition) is 1. The van der Waals surface area contributed by atoms with Crippen LogP contribution in [0.4, 0.5) is 5.82 Å². The fraction of sp³-hybridized carbons (Fsp3) is 0.706. The lowest BCUT2D eigenvalue weighted by Gasteiger charge is -2.33. The molecule has 0 saturated carbocycles. The van der Waals surface area contributed by atoms with Crippen molar-refractivity contribution < 1.29 is 4.74 Å². The fourth-order valence-corrected chi connectivity index (χ4v) is 2.87. The van der Waals surface area contributed by atoms with E-state index in [0.29, 0.717) is 12.1 Å². The minimum absolute atomic E-state index is 0.352. The Labute approximate surface area is 128 Å². The summed E-state index contributed by atoms with van der Waals surface area (Å²) in [4.78, 5) is 6.92. The molecule has 0 spiro atoms. The zero-order chi connectivity index (χ0) is 15.1. The van der Waals surface area contributed by atoms with Crippen LogP contribution in [0.25, 0.3) is 0 Å². The number of anilines is 1. The van der Waals surface area contributed by atoms with E-state index in [1.807, 2.05) is 6.20 Å². The highest BCUT2D eigenvalue weighted by molar-refractivity contribution is 5.42. The smallest absolute Gasteiger partial charge is 0.128 e. The molecule has 0 amide bonds. The van der Waals surface area contributed by atoms with E-state index in [-0.39, 0.29) is 0 Å². The lowest BCUT2D eigenvalue weighted by Crippen LogP contribution is -2.40. The van der Waals surface area contributed by atoms with Crippen LogP contribution in [0.1, 0.15) is 51.6 Å². The van der Waals surface area contributed by atoms with Gasteiger partial charge in [0.25, 0.3) is 0 Å². The number of rotatable bonds is 7. The molecule has 118 valence electrons. The lowest BCUT2D eigenvalue weighted by molar-refractivity contribution is 0.0525. The summed E-state index contributed by atoms with van der Waals surface area (Å²) in [5, 5.41) is 3.54. The van der Waals surface area contributed by atoms with E-state index in [4.69, 9.17) is 4.74 Å². The maximum absolute atomic E-state index is 5.78. The van der Waals surface area contributed by atoms with Crippen LogP contribution in [0.3, 0.4) is 0 Å². The molecule has 1 aromatic heterocycles. The van der Waals surface area contributed by atoms with Gasteiger partial charge in [-0.1, -0.05) is 6.92 Å². The summed E-state index contributed by atoms with van der Waals surface area (Å²) in [5.74, 6) is 1.09. The average Bonchev–Trinajstić information content (AvgIpc) is 2.53. The molecule has 2 rings (SSSR count). The SMILES string of the molecule is CCCNC(C)c1ccnc(N2CCCC(OCC)C2)c1. The number of nitrogens with one attached hydrogen (secondary N) is 1. The average molecular weight is 291 g/mol. The number of hydrogen-bond acceptors (Lipinski definition) is 4. The Morgan fingerprint density at radius 2 is 2.33 bits per heavy atom. The molecule has 0 bridgehead atoms. The third-order valence-corrected chi connectivity index (χ3v) is 4.07. The molecule has 21 heavy (non-hydrogen) atoms. The summed E-state index contributed by atoms with van der Waals surface area (Å²) in [6, 6.07) is 4.71. The molecular weight excluding hydrogens is 262 g/mol. The van der Waals surface area contributed by atoms with Crippen molar-refractivity contribution in [3.05, 3.63) is 23.9 Å². The zero-order valence-corrected chi connectivity index (χ0v) is 13.6. The van der Waals surface area contributed by atoms with Gasteiger partial charge in [0.1, 0.15) is 5.82 Å². The topological polar surface area (TPSA) is 37.4 Å². The highest BCUT2D eigenvalue weighted by Crippen LogP contribution is 2.22. The first-order valence-electron chi connectivity index (χ1n) is 8.30. The monoisotopic (exact) mass is 291 g/mol. The van der Waals surface area contributed by atoms with Crippen molar-refractivity contribution in [1.82, 2.24) is 10.3 Å². The minimum atomic E-state index is 0.352. The standard InChI is InChI=1S/C17H29N3O/c1-4-9-18-14(3)15-8-10-19-17(12-15)20-11-6-7-16(13-20)21-5-2/h8,10,12,14,16,18H,4-7,9,11,13H2,1-3H3. The summed E-state index contributed by atoms with van der Waals surface area (Å²) in [7, 11) is 0. The van der Waals surface area contributed by atoms with Crippen LogP contribution in [0.15, 0.2) is 18.3 Å². The fourth-order valence-electron chi connectivity index (χ4n) is 2.87. The van der Waals surface area contributed by atoms with Gasteiger partial charge in [0.15, 0.2) is 0 Å². The van der Waals surface area contributed by atoms with Crippen LogP contribution < -0.4 is 10.2 Å². The number of ether oxygens (including phenoxy) is 1. The van der Waals surface area contributed by atoms with Crippen molar-refractivity contribution in [1.29, 1.82) is 0 Å². The summed E-state index contributed by atoms with van der Waals surface area (Å²) in [6.07, 6.45) is 5.78. The Hall–Kier alpha value is -1.13. The first-order valence-corrected chi connectivity index (χ1v) is 8.30. The van der Waals surface area contributed by atoms with Crippen molar-refractivity contribution >= 4 is 5.82 Å². The van der Waals surface area contributed by atoms with Crippen molar-refractivity contribution in [3.8, 4) is 0 Å². The minimum Gasteiger partial charge on any atom is -0.377 e. The maximum Gasteiger partial charge on any atom is 0.128 e. The number of piperidine rings is 1. The predicted molar refractivity (Wildman–Crippen MR) is 87.8 cm³/mol. The van der Waals surface area contributed by atoms with Gasteiger partial charge < -0.3 is 15.0 Å². The van der Waals surface area contributed by atoms with Crippen LogP contribution in [0.5, 0.6) is 0 Å². The van der Waals surface area contributed by atoms with Crippen LogP contribution in [0, 0.1) is 0 Å². The van der Waals surface area contributed by atoms with Gasteiger partial charge in [0.05, 0.1) is 6.10 Å². The quantitative estimate of drug-likeness (QED) is 0.837. The molecule has 2 atom stereocenters. The van der Waals surface area contributed by atoms with Gasteiger partial charge >= 0.3 is 0 Å². The van der Waals surface area contributed by atoms with Crippen molar-refractivity contribution in [2.75, 3.05) is 31.1 Å². The molecule has 0 aliphatic carbocycles. The second kappa shape index (κ2) is 8.35. The van der Waals surface area contributed by atoms with Crippen LogP contribution in [-0.2, 0) is 4.74 Å². The van der Waals surface area contributed by atoms with E-state index in [1.165, 1.54) is 18.4 Å². The summed E-state index contributed by atoms with van der Waals surface area (Å²) < 4.78 is 5.78. The number of nitrogens with zero attached hydrogens (tertiary/aromatic N) is 2. The second-order valence-electron chi connectivity index (χ2n) is 5.79. The predicted octanol–water partition coefficient (Wildman–Crippen LogP) is 3.15. The van der Waals surface area contributed by atoms with E-state index in [1.54, 1.807) is 0 Å². The van der Waals surface area contributed by atoms with Gasteiger partial charge in [-0.05, 0) is 57.4 Å². The molecule has 1 aliphatic rings. The van der Waals surface area contributed by atoms with Crippen molar-refractivity contribution in [2.45, 2.75) is 52.2 Å². The molecule has 1 saturated heterocycles. The molecule has 0 radical (unpaired) electrons. The van der Waals surface area contributed by atoms with Crippen molar-refractivity contribution in [3.63, 3.8) is 0 Å². The van der Waals surface area contributed by atoms with Crippen LogP contribution in [0.2, 0.25) is 0 Å². The van der Waals surface area contributed by atoms with Crippen molar-refractivity contribution in [2.24, 2.45) is 0 Å². The van der Waals surface area contributed by atoms with E-state index in [0.717, 1.165) is 38.5 Å². The summed E-state index contributed by atoms with van der Waals surface area (Å²) >= 11 is 0. The van der Waals surface area contributed by atoms with E-state index in [2.05, 4.69) is 48.1 Å². The summed E-state index contributed by atoms with van der Waals surface area (Å²) in [5.41, 5.74) is 1.31. The van der Waals surface area contributed by atoms with Gasteiger partial charge in [-0.3, -0.25) is 0 Å². The van der Waals surface area contributed by atoms with Gasteiger partial charge in [-0.25, -0.2) is 4.98 Å². The Bertz CT molecular complexity index is 422. The third kappa shape index (κ3) is 4.68. The van der Waals surface area contributed by atoms with Gasteiger partial charge in [-0.15, -0.1) is 0 Å². The lowest BCUT2D eigenvalue weighted by atomic mass is 10.1. The van der Waals surface area contributed by atoms with Crippen LogP contribution in [-0.4, -0.2) is 37.3 Å². The molecule has 1 fully saturated rings. The van der Waals surface area contributed by atoms with Gasteiger partial charge in [0.2, 0.25) is 0 Å². The Morgan fingerprint density at radius 3 is 3.10 bits per heavy atom. The van der Waals surface area contributed by atoms with E-state index in [9.17, 15) is 0 Å². The highest BCUT2D eigenvalue weighted by atomic mass is 16.5. The van der Waals surface area contributed by atoms with Gasteiger partial charge in [0, 0.05) is 31.9 Å². The Balaban J connectivity index is 2.02. The molecule has 2 heterocycles. The normalized spacial score (nSPS) is 20.5. The molecule has 1 aromatic rings. The van der Waals surface area contributed by atoms with E-state index >= 15 is 0 Å². The number of pyridine rings is 1. The highest BCUT2D eigenvalue weighted by Gasteiger charge is 2.21. The summed E-state index contributed by atoms with van der Waals surface area (Å²) in [6.45, 7) is 10.4. The number of aromatic nitrogens is 1. The third-order valence-electron chi connectivity index (χ3n) is 4.07. The molecule has 4 nitrogen and oxygen atoms in total. The second-order valence-corrected chi connectivity index (χ2v) is 5.79. The zero-order valence-electron chi connectivity index (χ0n) is 13.6. The van der Waals surface area contributed by atoms with Gasteiger partial charge in [-0.2, -0.15) is 0 Å².